The van der Waals surface area contributed by atoms with Gasteiger partial charge in [-0.25, -0.2) is 4.57 Å². The van der Waals surface area contributed by atoms with Crippen LogP contribution >= 0.6 is 7.82 Å². The summed E-state index contributed by atoms with van der Waals surface area (Å²) in [5, 5.41) is 8.57. The van der Waals surface area contributed by atoms with E-state index in [-0.39, 0.29) is 0 Å². The Bertz CT molecular complexity index is 223. The van der Waals surface area contributed by atoms with Crippen molar-refractivity contribution in [3.05, 3.63) is 0 Å². The molecule has 0 aliphatic heterocycles. The smallest absolute Gasteiger partial charge is 0.469 e. The number of nitrogens with zero attached hydrogens (tertiary/aromatic N) is 1. The van der Waals surface area contributed by atoms with E-state index in [1.807, 2.05) is 0 Å². The van der Waals surface area contributed by atoms with Crippen LogP contribution in [0.5, 0.6) is 0 Å². The molecule has 0 saturated heterocycles. The fourth-order valence-corrected chi connectivity index (χ4v) is 0.944. The molecule has 0 saturated carbocycles. The van der Waals surface area contributed by atoms with E-state index >= 15 is 0 Å². The fourth-order valence-electron chi connectivity index (χ4n) is 0.609. The van der Waals surface area contributed by atoms with E-state index in [0.717, 1.165) is 0 Å². The van der Waals surface area contributed by atoms with E-state index in [0.29, 0.717) is 0 Å². The zero-order chi connectivity index (χ0) is 10.6. The van der Waals surface area contributed by atoms with Crippen molar-refractivity contribution >= 4 is 13.8 Å². The molecule has 1 atom stereocenters. The molecular weight excluding hydrogens is 201 g/mol. The molecule has 13 heavy (non-hydrogen) atoms. The van der Waals surface area contributed by atoms with Crippen LogP contribution in [-0.2, 0) is 13.9 Å². The summed E-state index contributed by atoms with van der Waals surface area (Å²) in [7, 11) is -1.64. The van der Waals surface area contributed by atoms with Crippen LogP contribution in [-0.4, -0.2) is 52.5 Å². The summed E-state index contributed by atoms with van der Waals surface area (Å²) in [4.78, 5) is 28.4. The van der Waals surface area contributed by atoms with Crippen molar-refractivity contribution in [1.82, 2.24) is 4.90 Å². The fraction of sp³-hybridized carbons (Fsp3) is 0.800. The molecule has 0 spiro atoms. The molecule has 0 heterocycles. The van der Waals surface area contributed by atoms with Crippen LogP contribution < -0.4 is 0 Å². The van der Waals surface area contributed by atoms with E-state index in [2.05, 4.69) is 4.52 Å². The Balaban J connectivity index is 4.14. The maximum atomic E-state index is 10.5. The molecule has 0 aromatic rings. The maximum absolute atomic E-state index is 10.5. The lowest BCUT2D eigenvalue weighted by Gasteiger charge is -2.19. The molecule has 8 heteroatoms. The second-order valence-electron chi connectivity index (χ2n) is 2.60. The van der Waals surface area contributed by atoms with Gasteiger partial charge in [0, 0.05) is 0 Å². The van der Waals surface area contributed by atoms with Gasteiger partial charge >= 0.3 is 13.8 Å². The first-order valence-corrected chi connectivity index (χ1v) is 4.86. The molecule has 0 aromatic carbocycles. The number of carboxylic acid groups (broad SMARTS) is 1. The maximum Gasteiger partial charge on any atom is 0.469 e. The summed E-state index contributed by atoms with van der Waals surface area (Å²) in [5.74, 6) is -1.20. The zero-order valence-corrected chi connectivity index (χ0v) is 8.14. The summed E-state index contributed by atoms with van der Waals surface area (Å²) >= 11 is 0. The van der Waals surface area contributed by atoms with Gasteiger partial charge in [0.2, 0.25) is 0 Å². The Kier molecular flexibility index (Phi) is 4.52. The number of phosphoric acid groups is 1. The second kappa shape index (κ2) is 4.69. The van der Waals surface area contributed by atoms with Crippen molar-refractivity contribution in [3.63, 3.8) is 0 Å². The second-order valence-corrected chi connectivity index (χ2v) is 3.84. The predicted molar refractivity (Wildman–Crippen MR) is 43.1 cm³/mol. The lowest BCUT2D eigenvalue weighted by atomic mass is 10.3. The SMILES string of the molecule is CN(C)[C@@H](COP(=O)(O)O)C(=O)O. The zero-order valence-electron chi connectivity index (χ0n) is 7.25. The average molecular weight is 213 g/mol. The molecule has 0 unspecified atom stereocenters. The number of phosphoric ester groups is 1. The molecule has 0 aliphatic rings. The first-order valence-electron chi connectivity index (χ1n) is 3.33. The minimum atomic E-state index is -4.59. The Morgan fingerprint density at radius 2 is 2.00 bits per heavy atom. The van der Waals surface area contributed by atoms with Crippen molar-refractivity contribution in [2.24, 2.45) is 0 Å². The van der Waals surface area contributed by atoms with E-state index in [1.54, 1.807) is 0 Å². The van der Waals surface area contributed by atoms with Crippen LogP contribution in [0.25, 0.3) is 0 Å². The highest BCUT2D eigenvalue weighted by atomic mass is 31.2. The van der Waals surface area contributed by atoms with Crippen LogP contribution in [0.4, 0.5) is 0 Å². The van der Waals surface area contributed by atoms with E-state index in [4.69, 9.17) is 14.9 Å². The molecule has 7 nitrogen and oxygen atoms in total. The molecule has 0 rings (SSSR count). The van der Waals surface area contributed by atoms with Gasteiger partial charge in [-0.1, -0.05) is 0 Å². The van der Waals surface area contributed by atoms with Crippen LogP contribution in [0.15, 0.2) is 0 Å². The van der Waals surface area contributed by atoms with Gasteiger partial charge in [0.25, 0.3) is 0 Å². The van der Waals surface area contributed by atoms with Crippen molar-refractivity contribution in [3.8, 4) is 0 Å². The van der Waals surface area contributed by atoms with Crippen molar-refractivity contribution in [2.45, 2.75) is 6.04 Å². The van der Waals surface area contributed by atoms with Gasteiger partial charge in [-0.15, -0.1) is 0 Å². The minimum Gasteiger partial charge on any atom is -0.480 e. The summed E-state index contributed by atoms with van der Waals surface area (Å²) in [6.07, 6.45) is 0. The lowest BCUT2D eigenvalue weighted by molar-refractivity contribution is -0.143. The Morgan fingerprint density at radius 3 is 2.23 bits per heavy atom. The quantitative estimate of drug-likeness (QED) is 0.508. The highest BCUT2D eigenvalue weighted by molar-refractivity contribution is 7.46. The van der Waals surface area contributed by atoms with Crippen molar-refractivity contribution in [1.29, 1.82) is 0 Å². The van der Waals surface area contributed by atoms with Crippen LogP contribution in [0, 0.1) is 0 Å². The number of aliphatic carboxylic acids is 1. The Hall–Kier alpha value is -0.460. The molecular formula is C5H12NO6P. The molecule has 78 valence electrons. The first kappa shape index (κ1) is 12.5. The van der Waals surface area contributed by atoms with Gasteiger partial charge in [-0.2, -0.15) is 0 Å². The molecule has 0 aliphatic carbocycles. The molecule has 0 amide bonds. The van der Waals surface area contributed by atoms with E-state index < -0.39 is 26.4 Å². The van der Waals surface area contributed by atoms with E-state index in [9.17, 15) is 9.36 Å². The largest absolute Gasteiger partial charge is 0.480 e. The molecule has 0 aromatic heterocycles. The first-order chi connectivity index (χ1) is 5.74. The average Bonchev–Trinajstić information content (AvgIpc) is 1.82. The van der Waals surface area contributed by atoms with Gasteiger partial charge in [0.15, 0.2) is 0 Å². The lowest BCUT2D eigenvalue weighted by Crippen LogP contribution is -2.39. The molecule has 0 radical (unpaired) electrons. The summed E-state index contributed by atoms with van der Waals surface area (Å²) in [6, 6.07) is -1.06. The minimum absolute atomic E-state index is 0.549. The molecule has 0 fully saturated rings. The van der Waals surface area contributed by atoms with Crippen LogP contribution in [0.1, 0.15) is 0 Å². The number of hydrogen-bond acceptors (Lipinski definition) is 4. The number of carboxylic acids is 1. The van der Waals surface area contributed by atoms with Crippen molar-refractivity contribution in [2.75, 3.05) is 20.7 Å². The number of hydrogen-bond donors (Lipinski definition) is 3. The highest BCUT2D eigenvalue weighted by Crippen LogP contribution is 2.35. The summed E-state index contributed by atoms with van der Waals surface area (Å²) in [6.45, 7) is -0.549. The van der Waals surface area contributed by atoms with Gasteiger partial charge in [0.05, 0.1) is 6.61 Å². The number of rotatable bonds is 5. The third-order valence-corrected chi connectivity index (χ3v) is 1.79. The summed E-state index contributed by atoms with van der Waals surface area (Å²) < 4.78 is 14.3. The summed E-state index contributed by atoms with van der Waals surface area (Å²) in [5.41, 5.74) is 0. The molecule has 0 bridgehead atoms. The topological polar surface area (TPSA) is 107 Å². The monoisotopic (exact) mass is 213 g/mol. The third kappa shape index (κ3) is 5.73. The third-order valence-electron chi connectivity index (χ3n) is 1.31. The van der Waals surface area contributed by atoms with Gasteiger partial charge in [0.1, 0.15) is 6.04 Å². The van der Waals surface area contributed by atoms with Crippen LogP contribution in [0.2, 0.25) is 0 Å². The number of likely N-dealkylation sites (N-methyl/N-ethyl adjacent to an activating group) is 1. The van der Waals surface area contributed by atoms with Crippen molar-refractivity contribution < 1.29 is 28.8 Å². The molecule has 3 N–H and O–H groups in total. The van der Waals surface area contributed by atoms with Gasteiger partial charge < -0.3 is 14.9 Å². The normalized spacial score (nSPS) is 14.5. The number of carbonyl (C=O) groups is 1. The standard InChI is InChI=1S/C5H12NO6P/c1-6(2)4(5(7)8)3-12-13(9,10)11/h4H,3H2,1-2H3,(H,7,8)(H2,9,10,11)/t4-/m0/s1. The van der Waals surface area contributed by atoms with Gasteiger partial charge in [-0.05, 0) is 14.1 Å². The van der Waals surface area contributed by atoms with E-state index in [1.165, 1.54) is 19.0 Å². The Morgan fingerprint density at radius 1 is 1.54 bits per heavy atom. The van der Waals surface area contributed by atoms with Gasteiger partial charge in [-0.3, -0.25) is 14.2 Å². The van der Waals surface area contributed by atoms with Crippen LogP contribution in [0.3, 0.4) is 0 Å². The predicted octanol–water partition coefficient (Wildman–Crippen LogP) is -0.890. The highest BCUT2D eigenvalue weighted by Gasteiger charge is 2.24. The Labute approximate surface area is 75.2 Å².